The number of hydrogen-bond donors (Lipinski definition) is 0. The number of para-hydroxylation sites is 1. The van der Waals surface area contributed by atoms with E-state index in [0.29, 0.717) is 0 Å². The van der Waals surface area contributed by atoms with E-state index >= 15 is 0 Å². The third-order valence-corrected chi connectivity index (χ3v) is 4.44. The molecule has 0 saturated carbocycles. The van der Waals surface area contributed by atoms with Crippen LogP contribution >= 0.6 is 0 Å². The maximum absolute atomic E-state index is 5.79. The highest BCUT2D eigenvalue weighted by Gasteiger charge is 2.16. The van der Waals surface area contributed by atoms with E-state index in [1.54, 1.807) is 0 Å². The van der Waals surface area contributed by atoms with Gasteiger partial charge < -0.3 is 9.64 Å². The summed E-state index contributed by atoms with van der Waals surface area (Å²) in [5.41, 5.74) is 1.44. The van der Waals surface area contributed by atoms with Gasteiger partial charge >= 0.3 is 0 Å². The summed E-state index contributed by atoms with van der Waals surface area (Å²) in [6, 6.07) is 20.8. The van der Waals surface area contributed by atoms with Crippen LogP contribution in [-0.4, -0.2) is 55.7 Å². The Bertz CT molecular complexity index is 550. The average molecular weight is 310 g/mol. The molecule has 1 heterocycles. The molecule has 0 radical (unpaired) electrons. The van der Waals surface area contributed by atoms with E-state index in [9.17, 15) is 0 Å². The third-order valence-electron chi connectivity index (χ3n) is 4.44. The Balaban J connectivity index is 1.31. The Morgan fingerprint density at radius 3 is 1.91 bits per heavy atom. The number of hydrogen-bond acceptors (Lipinski definition) is 3. The highest BCUT2D eigenvalue weighted by atomic mass is 16.5. The van der Waals surface area contributed by atoms with Crippen molar-refractivity contribution < 1.29 is 4.74 Å². The molecule has 1 fully saturated rings. The molecule has 2 aromatic rings. The first kappa shape index (κ1) is 16.0. The van der Waals surface area contributed by atoms with Crippen molar-refractivity contribution in [2.24, 2.45) is 0 Å². The Morgan fingerprint density at radius 2 is 1.26 bits per heavy atom. The second kappa shape index (κ2) is 8.70. The fourth-order valence-electron chi connectivity index (χ4n) is 2.98. The van der Waals surface area contributed by atoms with Crippen molar-refractivity contribution in [2.75, 3.05) is 45.9 Å². The molecule has 0 N–H and O–H groups in total. The molecule has 3 nitrogen and oxygen atoms in total. The highest BCUT2D eigenvalue weighted by molar-refractivity contribution is 5.20. The monoisotopic (exact) mass is 310 g/mol. The second-order valence-corrected chi connectivity index (χ2v) is 6.08. The molecule has 1 aliphatic rings. The molecule has 0 bridgehead atoms. The zero-order valence-electron chi connectivity index (χ0n) is 13.7. The fraction of sp³-hybridized carbons (Fsp3) is 0.400. The lowest BCUT2D eigenvalue weighted by atomic mass is 10.1. The van der Waals surface area contributed by atoms with Crippen LogP contribution in [0.5, 0.6) is 5.75 Å². The number of nitrogens with zero attached hydrogens (tertiary/aromatic N) is 2. The maximum Gasteiger partial charge on any atom is 0.119 e. The Kier molecular flexibility index (Phi) is 6.07. The lowest BCUT2D eigenvalue weighted by Gasteiger charge is -2.34. The highest BCUT2D eigenvalue weighted by Crippen LogP contribution is 2.09. The van der Waals surface area contributed by atoms with Crippen molar-refractivity contribution in [3.05, 3.63) is 66.2 Å². The van der Waals surface area contributed by atoms with Crippen LogP contribution in [0.4, 0.5) is 0 Å². The average Bonchev–Trinajstić information content (AvgIpc) is 2.63. The standard InChI is InChI=1S/C20H26N2O/c1-3-7-19(8-4-1)11-12-21-13-15-22(16-14-21)17-18-23-20-9-5-2-6-10-20/h1-10H,11-18H2. The van der Waals surface area contributed by atoms with E-state index in [2.05, 4.69) is 40.1 Å². The summed E-state index contributed by atoms with van der Waals surface area (Å²) in [6.07, 6.45) is 1.15. The lowest BCUT2D eigenvalue weighted by molar-refractivity contribution is 0.118. The summed E-state index contributed by atoms with van der Waals surface area (Å²) in [5.74, 6) is 0.967. The second-order valence-electron chi connectivity index (χ2n) is 6.08. The van der Waals surface area contributed by atoms with Gasteiger partial charge in [0.05, 0.1) is 0 Å². The lowest BCUT2D eigenvalue weighted by Crippen LogP contribution is -2.47. The van der Waals surface area contributed by atoms with Crippen LogP contribution in [-0.2, 0) is 6.42 Å². The first-order valence-corrected chi connectivity index (χ1v) is 8.57. The third kappa shape index (κ3) is 5.38. The Labute approximate surface area is 139 Å². The van der Waals surface area contributed by atoms with E-state index in [0.717, 1.165) is 51.5 Å². The van der Waals surface area contributed by atoms with Crippen LogP contribution < -0.4 is 4.74 Å². The minimum absolute atomic E-state index is 0.772. The predicted octanol–water partition coefficient (Wildman–Crippen LogP) is 2.93. The predicted molar refractivity (Wildman–Crippen MR) is 95.0 cm³/mol. The van der Waals surface area contributed by atoms with Gasteiger partial charge in [0, 0.05) is 39.3 Å². The largest absolute Gasteiger partial charge is 0.492 e. The molecule has 1 aliphatic heterocycles. The van der Waals surface area contributed by atoms with Gasteiger partial charge in [-0.25, -0.2) is 0 Å². The van der Waals surface area contributed by atoms with Gasteiger partial charge in [-0.2, -0.15) is 0 Å². The molecule has 0 atom stereocenters. The minimum atomic E-state index is 0.772. The first-order chi connectivity index (χ1) is 11.4. The van der Waals surface area contributed by atoms with E-state index in [1.165, 1.54) is 12.1 Å². The summed E-state index contributed by atoms with van der Waals surface area (Å²) < 4.78 is 5.79. The molecule has 122 valence electrons. The van der Waals surface area contributed by atoms with Crippen LogP contribution in [0.25, 0.3) is 0 Å². The zero-order chi connectivity index (χ0) is 15.7. The number of piperazine rings is 1. The molecule has 0 aromatic heterocycles. The number of benzene rings is 2. The SMILES string of the molecule is c1ccc(CCN2CCN(CCOc3ccccc3)CC2)cc1. The number of ether oxygens (including phenoxy) is 1. The van der Waals surface area contributed by atoms with Gasteiger partial charge in [-0.3, -0.25) is 4.90 Å². The molecule has 3 heteroatoms. The van der Waals surface area contributed by atoms with Crippen molar-refractivity contribution in [1.82, 2.24) is 9.80 Å². The molecule has 0 amide bonds. The van der Waals surface area contributed by atoms with Crippen molar-refractivity contribution >= 4 is 0 Å². The molecule has 0 spiro atoms. The van der Waals surface area contributed by atoms with Gasteiger partial charge in [0.1, 0.15) is 12.4 Å². The van der Waals surface area contributed by atoms with Crippen molar-refractivity contribution in [3.8, 4) is 5.75 Å². The van der Waals surface area contributed by atoms with Gasteiger partial charge in [-0.1, -0.05) is 48.5 Å². The van der Waals surface area contributed by atoms with E-state index in [4.69, 9.17) is 4.74 Å². The Morgan fingerprint density at radius 1 is 0.696 bits per heavy atom. The van der Waals surface area contributed by atoms with E-state index in [1.807, 2.05) is 30.3 Å². The normalized spacial score (nSPS) is 16.3. The first-order valence-electron chi connectivity index (χ1n) is 8.57. The van der Waals surface area contributed by atoms with E-state index < -0.39 is 0 Å². The van der Waals surface area contributed by atoms with Crippen molar-refractivity contribution in [3.63, 3.8) is 0 Å². The summed E-state index contributed by atoms with van der Waals surface area (Å²) in [6.45, 7) is 7.57. The fourth-order valence-corrected chi connectivity index (χ4v) is 2.98. The van der Waals surface area contributed by atoms with Crippen LogP contribution in [0.1, 0.15) is 5.56 Å². The van der Waals surface area contributed by atoms with Gasteiger partial charge in [-0.05, 0) is 24.1 Å². The van der Waals surface area contributed by atoms with Gasteiger partial charge in [0.15, 0.2) is 0 Å². The summed E-state index contributed by atoms with van der Waals surface area (Å²) in [4.78, 5) is 5.07. The van der Waals surface area contributed by atoms with E-state index in [-0.39, 0.29) is 0 Å². The molecular weight excluding hydrogens is 284 g/mol. The van der Waals surface area contributed by atoms with Crippen molar-refractivity contribution in [1.29, 1.82) is 0 Å². The van der Waals surface area contributed by atoms with Gasteiger partial charge in [-0.15, -0.1) is 0 Å². The van der Waals surface area contributed by atoms with Gasteiger partial charge in [0.25, 0.3) is 0 Å². The topological polar surface area (TPSA) is 15.7 Å². The zero-order valence-corrected chi connectivity index (χ0v) is 13.7. The number of rotatable bonds is 7. The Hall–Kier alpha value is -1.84. The summed E-state index contributed by atoms with van der Waals surface area (Å²) >= 11 is 0. The molecule has 0 aliphatic carbocycles. The van der Waals surface area contributed by atoms with Crippen LogP contribution in [0.3, 0.4) is 0 Å². The molecule has 3 rings (SSSR count). The molecule has 1 saturated heterocycles. The quantitative estimate of drug-likeness (QED) is 0.782. The molecular formula is C20H26N2O. The summed E-state index contributed by atoms with van der Waals surface area (Å²) in [5, 5.41) is 0. The minimum Gasteiger partial charge on any atom is -0.492 e. The van der Waals surface area contributed by atoms with Crippen LogP contribution in [0.15, 0.2) is 60.7 Å². The summed E-state index contributed by atoms with van der Waals surface area (Å²) in [7, 11) is 0. The van der Waals surface area contributed by atoms with Gasteiger partial charge in [0.2, 0.25) is 0 Å². The molecule has 2 aromatic carbocycles. The smallest absolute Gasteiger partial charge is 0.119 e. The maximum atomic E-state index is 5.79. The van der Waals surface area contributed by atoms with Crippen LogP contribution in [0, 0.1) is 0 Å². The van der Waals surface area contributed by atoms with Crippen LogP contribution in [0.2, 0.25) is 0 Å². The van der Waals surface area contributed by atoms with Crippen molar-refractivity contribution in [2.45, 2.75) is 6.42 Å². The molecule has 0 unspecified atom stereocenters. The molecule has 23 heavy (non-hydrogen) atoms.